The van der Waals surface area contributed by atoms with Gasteiger partial charge in [0, 0.05) is 42.8 Å². The number of carbonyl (C=O) groups is 2. The van der Waals surface area contributed by atoms with E-state index in [-0.39, 0.29) is 31.6 Å². The molecule has 4 aromatic rings. The van der Waals surface area contributed by atoms with Gasteiger partial charge in [-0.3, -0.25) is 4.79 Å². The van der Waals surface area contributed by atoms with E-state index in [1.54, 1.807) is 36.6 Å². The number of hydrogen-bond donors (Lipinski definition) is 2. The molecule has 0 fully saturated rings. The van der Waals surface area contributed by atoms with Crippen LogP contribution in [-0.4, -0.2) is 37.9 Å². The second-order valence-electron chi connectivity index (χ2n) is 8.91. The Morgan fingerprint density at radius 1 is 1.05 bits per heavy atom. The molecule has 0 spiro atoms. The molecule has 38 heavy (non-hydrogen) atoms. The number of nitrogens with zero attached hydrogens (tertiary/aromatic N) is 3. The first kappa shape index (κ1) is 26.7. The van der Waals surface area contributed by atoms with E-state index >= 15 is 0 Å². The van der Waals surface area contributed by atoms with Gasteiger partial charge in [-0.15, -0.1) is 0 Å². The van der Waals surface area contributed by atoms with Gasteiger partial charge in [0.05, 0.1) is 12.0 Å². The van der Waals surface area contributed by atoms with Crippen LogP contribution in [0, 0.1) is 6.92 Å². The lowest BCUT2D eigenvalue weighted by Gasteiger charge is -2.24. The molecule has 2 aromatic heterocycles. The molecule has 0 bridgehead atoms. The summed E-state index contributed by atoms with van der Waals surface area (Å²) in [4.78, 5) is 30.4. The third kappa shape index (κ3) is 5.96. The molecule has 198 valence electrons. The fraction of sp³-hybridized carbons (Fsp3) is 0.250. The average molecular weight is 525 g/mol. The molecule has 0 atom stereocenters. The lowest BCUT2D eigenvalue weighted by molar-refractivity contribution is -0.138. The van der Waals surface area contributed by atoms with Crippen molar-refractivity contribution < 1.29 is 27.9 Å². The van der Waals surface area contributed by atoms with Crippen LogP contribution in [-0.2, 0) is 30.5 Å². The van der Waals surface area contributed by atoms with Crippen LogP contribution >= 0.6 is 0 Å². The van der Waals surface area contributed by atoms with E-state index in [1.807, 2.05) is 30.3 Å². The van der Waals surface area contributed by atoms with E-state index < -0.39 is 23.7 Å². The third-order valence-corrected chi connectivity index (χ3v) is 6.21. The van der Waals surface area contributed by atoms with E-state index in [0.717, 1.165) is 17.7 Å². The summed E-state index contributed by atoms with van der Waals surface area (Å²) in [7, 11) is 0. The molecule has 0 aliphatic carbocycles. The Kier molecular flexibility index (Phi) is 7.70. The number of urea groups is 1. The Morgan fingerprint density at radius 3 is 2.45 bits per heavy atom. The van der Waals surface area contributed by atoms with Crippen LogP contribution in [0.4, 0.5) is 18.0 Å². The van der Waals surface area contributed by atoms with Crippen molar-refractivity contribution >= 4 is 17.6 Å². The molecule has 0 saturated carbocycles. The normalized spacial score (nSPS) is 11.5. The van der Waals surface area contributed by atoms with Crippen molar-refractivity contribution in [1.29, 1.82) is 0 Å². The minimum Gasteiger partial charge on any atom is -0.481 e. The number of halogens is 3. The second-order valence-corrected chi connectivity index (χ2v) is 8.91. The van der Waals surface area contributed by atoms with E-state index in [4.69, 9.17) is 0 Å². The van der Waals surface area contributed by atoms with Gasteiger partial charge >= 0.3 is 18.2 Å². The summed E-state index contributed by atoms with van der Waals surface area (Å²) >= 11 is 0. The van der Waals surface area contributed by atoms with Crippen LogP contribution in [0.1, 0.15) is 35.0 Å². The maximum atomic E-state index is 13.7. The molecular formula is C28H27F3N4O3. The van der Waals surface area contributed by atoms with Crippen LogP contribution in [0.3, 0.4) is 0 Å². The van der Waals surface area contributed by atoms with Crippen molar-refractivity contribution in [2.45, 2.75) is 39.5 Å². The largest absolute Gasteiger partial charge is 0.481 e. The summed E-state index contributed by atoms with van der Waals surface area (Å²) in [5.74, 6) is -1.04. The number of carboxylic acid groups (broad SMARTS) is 1. The van der Waals surface area contributed by atoms with Crippen LogP contribution in [0.5, 0.6) is 0 Å². The molecule has 2 amide bonds. The molecule has 0 saturated heterocycles. The maximum Gasteiger partial charge on any atom is 0.416 e. The number of nitrogens with one attached hydrogen (secondary N) is 1. The van der Waals surface area contributed by atoms with E-state index in [2.05, 4.69) is 10.3 Å². The van der Waals surface area contributed by atoms with Gasteiger partial charge in [0.25, 0.3) is 0 Å². The molecule has 0 unspecified atom stereocenters. The zero-order valence-electron chi connectivity index (χ0n) is 20.9. The number of aryl methyl sites for hydroxylation is 1. The Morgan fingerprint density at radius 2 is 1.79 bits per heavy atom. The molecule has 2 aromatic carbocycles. The number of carbonyl (C=O) groups excluding carboxylic acids is 1. The van der Waals surface area contributed by atoms with Gasteiger partial charge in [-0.2, -0.15) is 13.2 Å². The number of aromatic nitrogens is 2. The SMILES string of the molecule is CCN(Cc1cc(C(F)(F)F)ccc1-c1cc(CC(=O)O)n2ccc(C)nc12)C(=O)NCc1ccccc1. The van der Waals surface area contributed by atoms with Gasteiger partial charge in [-0.1, -0.05) is 36.4 Å². The van der Waals surface area contributed by atoms with Crippen molar-refractivity contribution in [2.75, 3.05) is 6.54 Å². The summed E-state index contributed by atoms with van der Waals surface area (Å²) in [5.41, 5.74) is 2.80. The average Bonchev–Trinajstić information content (AvgIpc) is 3.22. The molecule has 7 nitrogen and oxygen atoms in total. The van der Waals surface area contributed by atoms with Crippen LogP contribution in [0.2, 0.25) is 0 Å². The Labute approximate surface area is 217 Å². The smallest absolute Gasteiger partial charge is 0.416 e. The molecule has 2 heterocycles. The Bertz CT molecular complexity index is 1470. The highest BCUT2D eigenvalue weighted by atomic mass is 19.4. The van der Waals surface area contributed by atoms with E-state index in [1.165, 1.54) is 11.0 Å². The number of rotatable bonds is 8. The van der Waals surface area contributed by atoms with Gasteiger partial charge in [0.2, 0.25) is 0 Å². The predicted molar refractivity (Wildman–Crippen MR) is 136 cm³/mol. The number of aliphatic carboxylic acids is 1. The first-order valence-corrected chi connectivity index (χ1v) is 12.0. The van der Waals surface area contributed by atoms with Crippen molar-refractivity contribution in [3.8, 4) is 11.1 Å². The van der Waals surface area contributed by atoms with Gasteiger partial charge < -0.3 is 19.7 Å². The summed E-state index contributed by atoms with van der Waals surface area (Å²) in [6.45, 7) is 3.97. The third-order valence-electron chi connectivity index (χ3n) is 6.21. The quantitative estimate of drug-likeness (QED) is 0.310. The fourth-order valence-corrected chi connectivity index (χ4v) is 4.30. The van der Waals surface area contributed by atoms with E-state index in [0.29, 0.717) is 28.2 Å². The zero-order chi connectivity index (χ0) is 27.4. The lowest BCUT2D eigenvalue weighted by Crippen LogP contribution is -2.39. The van der Waals surface area contributed by atoms with Crippen molar-refractivity contribution in [2.24, 2.45) is 0 Å². The second kappa shape index (κ2) is 11.0. The van der Waals surface area contributed by atoms with Gasteiger partial charge in [0.15, 0.2) is 0 Å². The lowest BCUT2D eigenvalue weighted by atomic mass is 9.97. The summed E-state index contributed by atoms with van der Waals surface area (Å²) in [6, 6.07) is 15.6. The fourth-order valence-electron chi connectivity index (χ4n) is 4.30. The monoisotopic (exact) mass is 524 g/mol. The topological polar surface area (TPSA) is 86.9 Å². The molecule has 0 aliphatic heterocycles. The highest BCUT2D eigenvalue weighted by Gasteiger charge is 2.32. The Balaban J connectivity index is 1.75. The van der Waals surface area contributed by atoms with Crippen LogP contribution < -0.4 is 5.32 Å². The van der Waals surface area contributed by atoms with Crippen LogP contribution in [0.25, 0.3) is 16.8 Å². The number of carboxylic acids is 1. The number of fused-ring (bicyclic) bond motifs is 1. The molecule has 10 heteroatoms. The van der Waals surface area contributed by atoms with Crippen molar-refractivity contribution in [1.82, 2.24) is 19.6 Å². The van der Waals surface area contributed by atoms with Gasteiger partial charge in [-0.25, -0.2) is 9.78 Å². The standard InChI is InChI=1S/C28H27F3N4O3/c1-3-34(27(38)32-16-19-7-5-4-6-8-19)17-20-13-21(28(29,30)31)9-10-23(20)24-14-22(15-25(36)37)35-12-11-18(2)33-26(24)35/h4-14H,3,15-17H2,1-2H3,(H,32,38)(H,36,37). The van der Waals surface area contributed by atoms with Crippen molar-refractivity contribution in [3.63, 3.8) is 0 Å². The predicted octanol–water partition coefficient (Wildman–Crippen LogP) is 5.69. The maximum absolute atomic E-state index is 13.7. The highest BCUT2D eigenvalue weighted by Crippen LogP contribution is 2.36. The first-order chi connectivity index (χ1) is 18.1. The molecule has 0 aliphatic rings. The van der Waals surface area contributed by atoms with E-state index in [9.17, 15) is 27.9 Å². The Hall–Kier alpha value is -4.34. The van der Waals surface area contributed by atoms with Gasteiger partial charge in [0.1, 0.15) is 5.65 Å². The van der Waals surface area contributed by atoms with Gasteiger partial charge in [-0.05, 0) is 54.8 Å². The van der Waals surface area contributed by atoms with Crippen molar-refractivity contribution in [3.05, 3.63) is 94.9 Å². The first-order valence-electron chi connectivity index (χ1n) is 12.0. The molecule has 0 radical (unpaired) electrons. The minimum absolute atomic E-state index is 0.0895. The number of benzene rings is 2. The molecule has 2 N–H and O–H groups in total. The number of amides is 2. The van der Waals surface area contributed by atoms with Crippen LogP contribution in [0.15, 0.2) is 66.9 Å². The molecular weight excluding hydrogens is 497 g/mol. The molecule has 4 rings (SSSR count). The number of alkyl halides is 3. The highest BCUT2D eigenvalue weighted by molar-refractivity contribution is 5.83. The minimum atomic E-state index is -4.58. The summed E-state index contributed by atoms with van der Waals surface area (Å²) in [6.07, 6.45) is -3.17. The summed E-state index contributed by atoms with van der Waals surface area (Å²) < 4.78 is 42.6. The zero-order valence-corrected chi connectivity index (χ0v) is 20.9. The summed E-state index contributed by atoms with van der Waals surface area (Å²) in [5, 5.41) is 12.2. The number of hydrogen-bond acceptors (Lipinski definition) is 3.